The van der Waals surface area contributed by atoms with E-state index in [9.17, 15) is 0 Å². The highest BCUT2D eigenvalue weighted by Gasteiger charge is 2.36. The number of anilines is 3. The van der Waals surface area contributed by atoms with Crippen molar-refractivity contribution >= 4 is 82.4 Å². The van der Waals surface area contributed by atoms with Crippen LogP contribution in [-0.4, -0.2) is 4.57 Å². The smallest absolute Gasteiger partial charge is 0.136 e. The predicted molar refractivity (Wildman–Crippen MR) is 261 cm³/mol. The minimum Gasteiger partial charge on any atom is -0.456 e. The molecule has 62 heavy (non-hydrogen) atoms. The largest absolute Gasteiger partial charge is 0.456 e. The summed E-state index contributed by atoms with van der Waals surface area (Å²) in [4.78, 5) is 2.49. The number of aromatic nitrogens is 1. The molecule has 2 heterocycles. The molecule has 0 radical (unpaired) electrons. The van der Waals surface area contributed by atoms with Gasteiger partial charge in [-0.3, -0.25) is 0 Å². The van der Waals surface area contributed by atoms with E-state index >= 15 is 0 Å². The van der Waals surface area contributed by atoms with E-state index in [2.05, 4.69) is 230 Å². The van der Waals surface area contributed by atoms with Crippen molar-refractivity contribution in [2.24, 2.45) is 0 Å². The Labute approximate surface area is 359 Å². The van der Waals surface area contributed by atoms with Gasteiger partial charge in [0.2, 0.25) is 0 Å². The molecule has 0 N–H and O–H groups in total. The van der Waals surface area contributed by atoms with Gasteiger partial charge in [-0.2, -0.15) is 0 Å². The molecule has 0 bridgehead atoms. The van der Waals surface area contributed by atoms with Gasteiger partial charge in [-0.25, -0.2) is 0 Å². The number of hydrogen-bond donors (Lipinski definition) is 0. The highest BCUT2D eigenvalue weighted by atomic mass is 16.3. The number of hydrogen-bond acceptors (Lipinski definition) is 2. The van der Waals surface area contributed by atoms with Crippen molar-refractivity contribution in [3.05, 3.63) is 217 Å². The summed E-state index contributed by atoms with van der Waals surface area (Å²) in [6.07, 6.45) is 0. The van der Waals surface area contributed by atoms with E-state index in [1.54, 1.807) is 0 Å². The first kappa shape index (κ1) is 34.9. The third-order valence-corrected chi connectivity index (χ3v) is 13.6. The van der Waals surface area contributed by atoms with Crippen LogP contribution in [0.25, 0.3) is 93.2 Å². The monoisotopic (exact) mass is 792 g/mol. The summed E-state index contributed by atoms with van der Waals surface area (Å²) in [5, 5.41) is 9.61. The van der Waals surface area contributed by atoms with Crippen LogP contribution < -0.4 is 4.90 Å². The lowest BCUT2D eigenvalue weighted by molar-refractivity contribution is 0.660. The third-order valence-electron chi connectivity index (χ3n) is 13.6. The molecule has 1 aliphatic rings. The zero-order valence-corrected chi connectivity index (χ0v) is 34.4. The molecule has 3 heteroatoms. The van der Waals surface area contributed by atoms with Crippen molar-refractivity contribution in [3.8, 4) is 27.9 Å². The summed E-state index contributed by atoms with van der Waals surface area (Å²) >= 11 is 0. The van der Waals surface area contributed by atoms with Gasteiger partial charge >= 0.3 is 0 Å². The van der Waals surface area contributed by atoms with Crippen molar-refractivity contribution < 1.29 is 4.42 Å². The lowest BCUT2D eigenvalue weighted by Gasteiger charge is -2.30. The van der Waals surface area contributed by atoms with Crippen LogP contribution in [0, 0.1) is 0 Å². The summed E-state index contributed by atoms with van der Waals surface area (Å²) in [7, 11) is 0. The minimum atomic E-state index is -0.175. The Bertz CT molecular complexity index is 3790. The van der Waals surface area contributed by atoms with Crippen LogP contribution in [-0.2, 0) is 5.41 Å². The molecular weight excluding hydrogens is 753 g/mol. The predicted octanol–water partition coefficient (Wildman–Crippen LogP) is 16.4. The first-order valence-corrected chi connectivity index (χ1v) is 21.5. The Hall–Kier alpha value is -7.88. The second-order valence-electron chi connectivity index (χ2n) is 17.3. The van der Waals surface area contributed by atoms with Crippen LogP contribution in [0.5, 0.6) is 0 Å². The molecule has 0 fully saturated rings. The van der Waals surface area contributed by atoms with Crippen molar-refractivity contribution in [1.29, 1.82) is 0 Å². The molecule has 10 aromatic carbocycles. The fourth-order valence-electron chi connectivity index (χ4n) is 10.7. The van der Waals surface area contributed by atoms with Crippen molar-refractivity contribution in [2.75, 3.05) is 4.90 Å². The maximum absolute atomic E-state index is 6.66. The van der Waals surface area contributed by atoms with Gasteiger partial charge < -0.3 is 13.9 Å². The summed E-state index contributed by atoms with van der Waals surface area (Å²) in [5.74, 6) is 0. The van der Waals surface area contributed by atoms with Gasteiger partial charge in [-0.15, -0.1) is 0 Å². The quantitative estimate of drug-likeness (QED) is 0.162. The van der Waals surface area contributed by atoms with Crippen LogP contribution >= 0.6 is 0 Å². The number of fused-ring (bicyclic) bond motifs is 12. The van der Waals surface area contributed by atoms with E-state index in [1.807, 2.05) is 0 Å². The molecule has 3 nitrogen and oxygen atoms in total. The van der Waals surface area contributed by atoms with Gasteiger partial charge in [-0.05, 0) is 116 Å². The van der Waals surface area contributed by atoms with E-state index in [1.165, 1.54) is 60.1 Å². The Morgan fingerprint density at radius 3 is 2.00 bits per heavy atom. The van der Waals surface area contributed by atoms with E-state index in [4.69, 9.17) is 4.42 Å². The van der Waals surface area contributed by atoms with E-state index in [0.717, 1.165) is 61.3 Å². The maximum Gasteiger partial charge on any atom is 0.136 e. The first-order chi connectivity index (χ1) is 30.5. The van der Waals surface area contributed by atoms with E-state index in [0.29, 0.717) is 0 Å². The van der Waals surface area contributed by atoms with E-state index in [-0.39, 0.29) is 5.41 Å². The Morgan fingerprint density at radius 1 is 0.435 bits per heavy atom. The summed E-state index contributed by atoms with van der Waals surface area (Å²) in [6, 6.07) is 75.6. The van der Waals surface area contributed by atoms with Gasteiger partial charge in [0.15, 0.2) is 0 Å². The molecular formula is C59H40N2O. The summed E-state index contributed by atoms with van der Waals surface area (Å²) in [6.45, 7) is 4.73. The van der Waals surface area contributed by atoms with Crippen molar-refractivity contribution in [3.63, 3.8) is 0 Å². The highest BCUT2D eigenvalue weighted by molar-refractivity contribution is 6.18. The average Bonchev–Trinajstić information content (AvgIpc) is 3.94. The van der Waals surface area contributed by atoms with Crippen LogP contribution in [0.4, 0.5) is 17.1 Å². The molecule has 0 aliphatic heterocycles. The molecule has 1 aliphatic carbocycles. The van der Waals surface area contributed by atoms with Crippen molar-refractivity contribution in [2.45, 2.75) is 19.3 Å². The number of rotatable bonds is 5. The number of benzene rings is 10. The van der Waals surface area contributed by atoms with Gasteiger partial charge in [0, 0.05) is 49.6 Å². The number of nitrogens with zero attached hydrogens (tertiary/aromatic N) is 2. The van der Waals surface area contributed by atoms with Crippen LogP contribution in [0.3, 0.4) is 0 Å². The zero-order chi connectivity index (χ0) is 41.1. The Morgan fingerprint density at radius 2 is 1.10 bits per heavy atom. The SMILES string of the molecule is CC1(C)c2ccccc2-c2ccc(N(c3ccc4c5ccccc5n(-c5ccccc5)c4c3)c3ccc4oc5ccccc5c4c3-c3ccc4c(ccc5ccccc54)c3)cc21. The first-order valence-electron chi connectivity index (χ1n) is 21.5. The standard InChI is InChI=1S/C59H40N2O/c1-59(2)50-21-11-8-18-45(50)46-30-27-41(35-51(46)59)60(42-28-31-48-47-19-9-12-22-52(47)61(54(48)36-42)40-15-4-3-5-16-40)53-32-33-56-58(49-20-10-13-23-55(49)62-56)57(53)39-26-29-44-38(34-39)25-24-37-14-6-7-17-43(37)44/h3-36H,1-2H3. The number of furan rings is 1. The molecule has 0 unspecified atom stereocenters. The Balaban J connectivity index is 1.13. The van der Waals surface area contributed by atoms with Gasteiger partial charge in [0.05, 0.1) is 16.7 Å². The van der Waals surface area contributed by atoms with Gasteiger partial charge in [0.1, 0.15) is 11.2 Å². The van der Waals surface area contributed by atoms with Gasteiger partial charge in [-0.1, -0.05) is 153 Å². The molecule has 0 atom stereocenters. The maximum atomic E-state index is 6.66. The molecule has 0 amide bonds. The zero-order valence-electron chi connectivity index (χ0n) is 34.4. The van der Waals surface area contributed by atoms with Crippen LogP contribution in [0.1, 0.15) is 25.0 Å². The Kier molecular flexibility index (Phi) is 7.36. The molecule has 292 valence electrons. The van der Waals surface area contributed by atoms with Crippen LogP contribution in [0.15, 0.2) is 211 Å². The van der Waals surface area contributed by atoms with Gasteiger partial charge in [0.25, 0.3) is 0 Å². The summed E-state index contributed by atoms with van der Waals surface area (Å²) in [5.41, 5.74) is 15.9. The average molecular weight is 793 g/mol. The topological polar surface area (TPSA) is 21.3 Å². The lowest BCUT2D eigenvalue weighted by atomic mass is 9.82. The molecule has 0 saturated carbocycles. The molecule has 0 spiro atoms. The van der Waals surface area contributed by atoms with Crippen molar-refractivity contribution in [1.82, 2.24) is 4.57 Å². The second-order valence-corrected chi connectivity index (χ2v) is 17.3. The normalized spacial score (nSPS) is 13.1. The number of para-hydroxylation sites is 3. The lowest BCUT2D eigenvalue weighted by Crippen LogP contribution is -2.17. The third kappa shape index (κ3) is 5.00. The highest BCUT2D eigenvalue weighted by Crippen LogP contribution is 2.53. The fraction of sp³-hybridized carbons (Fsp3) is 0.0508. The summed E-state index contributed by atoms with van der Waals surface area (Å²) < 4.78 is 9.08. The molecule has 0 saturated heterocycles. The second kappa shape index (κ2) is 13.1. The molecule has 12 aromatic rings. The van der Waals surface area contributed by atoms with E-state index < -0.39 is 0 Å². The van der Waals surface area contributed by atoms with Crippen LogP contribution in [0.2, 0.25) is 0 Å². The minimum absolute atomic E-state index is 0.175. The molecule has 13 rings (SSSR count). The molecule has 2 aromatic heterocycles. The fourth-order valence-corrected chi connectivity index (χ4v) is 10.7.